The van der Waals surface area contributed by atoms with Gasteiger partial charge in [0.1, 0.15) is 22.7 Å². The highest BCUT2D eigenvalue weighted by atomic mass is 32.1. The van der Waals surface area contributed by atoms with Gasteiger partial charge in [0, 0.05) is 36.1 Å². The van der Waals surface area contributed by atoms with Gasteiger partial charge in [-0.3, -0.25) is 19.9 Å². The summed E-state index contributed by atoms with van der Waals surface area (Å²) in [5, 5.41) is 12.0. The van der Waals surface area contributed by atoms with Gasteiger partial charge in [-0.25, -0.2) is 14.4 Å². The molecule has 0 aliphatic carbocycles. The van der Waals surface area contributed by atoms with Gasteiger partial charge in [0.05, 0.1) is 27.7 Å². The van der Waals surface area contributed by atoms with Crippen LogP contribution in [0, 0.1) is 5.82 Å². The van der Waals surface area contributed by atoms with E-state index in [0.717, 1.165) is 16.1 Å². The van der Waals surface area contributed by atoms with Crippen LogP contribution in [-0.4, -0.2) is 41.0 Å². The van der Waals surface area contributed by atoms with E-state index in [1.807, 2.05) is 23.6 Å². The van der Waals surface area contributed by atoms with Gasteiger partial charge < -0.3 is 10.3 Å². The van der Waals surface area contributed by atoms with Crippen LogP contribution in [0.2, 0.25) is 0 Å². The minimum atomic E-state index is -0.517. The van der Waals surface area contributed by atoms with Crippen molar-refractivity contribution in [2.75, 3.05) is 5.32 Å². The Bertz CT molecular complexity index is 1710. The Morgan fingerprint density at radius 3 is 2.91 bits per heavy atom. The zero-order chi connectivity index (χ0) is 23.9. The van der Waals surface area contributed by atoms with Crippen LogP contribution in [0.15, 0.2) is 54.4 Å². The van der Waals surface area contributed by atoms with E-state index in [2.05, 4.69) is 35.5 Å². The molecule has 6 rings (SSSR count). The first-order valence-electron chi connectivity index (χ1n) is 10.8. The van der Waals surface area contributed by atoms with Crippen LogP contribution in [0.3, 0.4) is 0 Å². The molecule has 0 aromatic carbocycles. The molecule has 172 valence electrons. The molecule has 1 amide bonds. The Labute approximate surface area is 201 Å². The third kappa shape index (κ3) is 3.62. The number of pyridine rings is 3. The van der Waals surface area contributed by atoms with Gasteiger partial charge in [-0.15, -0.1) is 11.3 Å². The summed E-state index contributed by atoms with van der Waals surface area (Å²) in [7, 11) is 0. The van der Waals surface area contributed by atoms with E-state index in [1.54, 1.807) is 30.5 Å². The number of fused-ring (bicyclic) bond motifs is 2. The van der Waals surface area contributed by atoms with Gasteiger partial charge >= 0.3 is 0 Å². The number of thiophene rings is 1. The number of anilines is 1. The van der Waals surface area contributed by atoms with Crippen molar-refractivity contribution in [3.8, 4) is 33.2 Å². The van der Waals surface area contributed by atoms with Gasteiger partial charge in [-0.2, -0.15) is 5.10 Å². The molecule has 0 aliphatic rings. The SMILES string of the molecule is CCC(=O)Nc1cncc(-c2cnc3[nH]nc(-c4nc5c(-c6cccs6)nccc5[nH]4)c3c2F)c1. The van der Waals surface area contributed by atoms with Crippen molar-refractivity contribution in [1.29, 1.82) is 0 Å². The molecule has 0 atom stereocenters. The summed E-state index contributed by atoms with van der Waals surface area (Å²) < 4.78 is 15.9. The highest BCUT2D eigenvalue weighted by molar-refractivity contribution is 7.13. The molecule has 0 spiro atoms. The van der Waals surface area contributed by atoms with Crippen molar-refractivity contribution in [1.82, 2.24) is 35.1 Å². The Kier molecular flexibility index (Phi) is 5.03. The van der Waals surface area contributed by atoms with Crippen molar-refractivity contribution < 1.29 is 9.18 Å². The average molecular weight is 485 g/mol. The summed E-state index contributed by atoms with van der Waals surface area (Å²) in [5.74, 6) is -0.273. The predicted molar refractivity (Wildman–Crippen MR) is 132 cm³/mol. The quantitative estimate of drug-likeness (QED) is 0.310. The first-order valence-corrected chi connectivity index (χ1v) is 11.7. The average Bonchev–Trinajstić information content (AvgIpc) is 3.63. The van der Waals surface area contributed by atoms with Gasteiger partial charge in [-0.05, 0) is 23.6 Å². The molecule has 6 aromatic heterocycles. The van der Waals surface area contributed by atoms with Crippen LogP contribution in [0.25, 0.3) is 55.3 Å². The summed E-state index contributed by atoms with van der Waals surface area (Å²) in [5.41, 5.74) is 3.98. The third-order valence-electron chi connectivity index (χ3n) is 5.56. The molecule has 6 aromatic rings. The number of aromatic nitrogens is 7. The molecule has 0 unspecified atom stereocenters. The summed E-state index contributed by atoms with van der Waals surface area (Å²) >= 11 is 1.57. The normalized spacial score (nSPS) is 11.4. The number of rotatable bonds is 5. The number of hydrogen-bond acceptors (Lipinski definition) is 7. The van der Waals surface area contributed by atoms with Crippen LogP contribution >= 0.6 is 11.3 Å². The lowest BCUT2D eigenvalue weighted by Crippen LogP contribution is -2.09. The molecule has 3 N–H and O–H groups in total. The number of halogens is 1. The number of carbonyl (C=O) groups excluding carboxylic acids is 1. The lowest BCUT2D eigenvalue weighted by atomic mass is 10.1. The highest BCUT2D eigenvalue weighted by Crippen LogP contribution is 2.35. The van der Waals surface area contributed by atoms with E-state index < -0.39 is 5.82 Å². The fourth-order valence-electron chi connectivity index (χ4n) is 3.87. The summed E-state index contributed by atoms with van der Waals surface area (Å²) in [6.45, 7) is 1.75. The summed E-state index contributed by atoms with van der Waals surface area (Å²) in [4.78, 5) is 33.7. The molecule has 0 aliphatic heterocycles. The van der Waals surface area contributed by atoms with Gasteiger partial charge in [-0.1, -0.05) is 13.0 Å². The Hall–Kier alpha value is -4.51. The second-order valence-corrected chi connectivity index (χ2v) is 8.71. The zero-order valence-electron chi connectivity index (χ0n) is 18.3. The standard InChI is InChI=1S/C24H17FN8OS/c1-2-17(34)29-13-8-12(9-26-10-13)14-11-28-23-18(19(14)25)22(32-33-23)24-30-15-5-6-27-21(20(15)31-24)16-4-3-7-35-16/h3-11H,2H2,1H3,(H,29,34)(H,30,31)(H,28,32,33). The van der Waals surface area contributed by atoms with E-state index in [0.29, 0.717) is 40.4 Å². The molecule has 6 heterocycles. The molecule has 35 heavy (non-hydrogen) atoms. The number of imidazole rings is 1. The number of aromatic amines is 2. The number of hydrogen-bond donors (Lipinski definition) is 3. The van der Waals surface area contributed by atoms with E-state index in [-0.39, 0.29) is 16.9 Å². The lowest BCUT2D eigenvalue weighted by Gasteiger charge is -2.07. The van der Waals surface area contributed by atoms with E-state index >= 15 is 4.39 Å². The van der Waals surface area contributed by atoms with Crippen molar-refractivity contribution in [3.63, 3.8) is 0 Å². The van der Waals surface area contributed by atoms with Crippen LogP contribution < -0.4 is 5.32 Å². The summed E-state index contributed by atoms with van der Waals surface area (Å²) in [6, 6.07) is 7.41. The maximum Gasteiger partial charge on any atom is 0.224 e. The van der Waals surface area contributed by atoms with Crippen molar-refractivity contribution in [2.45, 2.75) is 13.3 Å². The number of nitrogens with zero attached hydrogens (tertiary/aromatic N) is 5. The van der Waals surface area contributed by atoms with Gasteiger partial charge in [0.15, 0.2) is 11.5 Å². The number of H-pyrrole nitrogens is 2. The molecular weight excluding hydrogens is 467 g/mol. The second kappa shape index (κ2) is 8.37. The van der Waals surface area contributed by atoms with E-state index in [1.165, 1.54) is 18.6 Å². The number of nitrogens with one attached hydrogen (secondary N) is 3. The summed E-state index contributed by atoms with van der Waals surface area (Å²) in [6.07, 6.45) is 6.48. The fraction of sp³-hybridized carbons (Fsp3) is 0.0833. The van der Waals surface area contributed by atoms with Crippen molar-refractivity contribution >= 4 is 45.0 Å². The van der Waals surface area contributed by atoms with Gasteiger partial charge in [0.2, 0.25) is 5.91 Å². The Balaban J connectivity index is 1.48. The van der Waals surface area contributed by atoms with Crippen LogP contribution in [0.5, 0.6) is 0 Å². The molecule has 0 saturated heterocycles. The predicted octanol–water partition coefficient (Wildman–Crippen LogP) is 5.17. The molecule has 9 nitrogen and oxygen atoms in total. The second-order valence-electron chi connectivity index (χ2n) is 7.76. The van der Waals surface area contributed by atoms with Crippen molar-refractivity contribution in [2.24, 2.45) is 0 Å². The molecule has 0 radical (unpaired) electrons. The van der Waals surface area contributed by atoms with E-state index in [9.17, 15) is 4.79 Å². The fourth-order valence-corrected chi connectivity index (χ4v) is 4.60. The minimum absolute atomic E-state index is 0.156. The molecule has 0 saturated carbocycles. The van der Waals surface area contributed by atoms with Gasteiger partial charge in [0.25, 0.3) is 0 Å². The first kappa shape index (κ1) is 21.1. The topological polar surface area (TPSA) is 125 Å². The van der Waals surface area contributed by atoms with E-state index in [4.69, 9.17) is 4.98 Å². The Morgan fingerprint density at radius 1 is 1.17 bits per heavy atom. The van der Waals surface area contributed by atoms with Crippen LogP contribution in [-0.2, 0) is 4.79 Å². The van der Waals surface area contributed by atoms with Crippen LogP contribution in [0.1, 0.15) is 13.3 Å². The van der Waals surface area contributed by atoms with Crippen molar-refractivity contribution in [3.05, 3.63) is 60.3 Å². The third-order valence-corrected chi connectivity index (χ3v) is 6.44. The smallest absolute Gasteiger partial charge is 0.224 e. The molecule has 0 fully saturated rings. The Morgan fingerprint density at radius 2 is 2.09 bits per heavy atom. The minimum Gasteiger partial charge on any atom is -0.336 e. The first-order chi connectivity index (χ1) is 17.1. The molecule has 0 bridgehead atoms. The zero-order valence-corrected chi connectivity index (χ0v) is 19.2. The monoisotopic (exact) mass is 484 g/mol. The largest absolute Gasteiger partial charge is 0.336 e. The number of amides is 1. The molecular formula is C24H17FN8OS. The lowest BCUT2D eigenvalue weighted by molar-refractivity contribution is -0.115. The molecule has 11 heteroatoms. The highest BCUT2D eigenvalue weighted by Gasteiger charge is 2.21. The maximum atomic E-state index is 15.9. The number of carbonyl (C=O) groups is 1. The van der Waals surface area contributed by atoms with Crippen LogP contribution in [0.4, 0.5) is 10.1 Å². The maximum absolute atomic E-state index is 15.9.